The maximum atomic E-state index is 13.2. The summed E-state index contributed by atoms with van der Waals surface area (Å²) in [5.74, 6) is 1.37. The quantitative estimate of drug-likeness (QED) is 0.461. The number of carbonyl (C=O) groups is 1. The van der Waals surface area contributed by atoms with Crippen LogP contribution in [0.4, 0.5) is 5.82 Å². The number of furan rings is 1. The van der Waals surface area contributed by atoms with Crippen molar-refractivity contribution in [1.29, 1.82) is 0 Å². The Kier molecular flexibility index (Phi) is 4.92. The van der Waals surface area contributed by atoms with E-state index in [4.69, 9.17) is 21.0 Å². The van der Waals surface area contributed by atoms with Crippen LogP contribution in [-0.2, 0) is 12.8 Å². The summed E-state index contributed by atoms with van der Waals surface area (Å²) in [6, 6.07) is 17.8. The van der Waals surface area contributed by atoms with Crippen LogP contribution in [0.2, 0.25) is 5.02 Å². The summed E-state index contributed by atoms with van der Waals surface area (Å²) in [6.45, 7) is 0. The highest BCUT2D eigenvalue weighted by atomic mass is 35.5. The largest absolute Gasteiger partial charge is 0.508 e. The number of phenols is 1. The fourth-order valence-electron chi connectivity index (χ4n) is 3.79. The summed E-state index contributed by atoms with van der Waals surface area (Å²) in [5, 5.41) is 13.7. The van der Waals surface area contributed by atoms with Gasteiger partial charge in [0, 0.05) is 12.0 Å². The molecule has 0 spiro atoms. The number of aromatic hydroxyl groups is 1. The zero-order chi connectivity index (χ0) is 21.4. The Morgan fingerprint density at radius 2 is 1.97 bits per heavy atom. The standard InChI is InChI=1S/C24H18ClN3O3/c25-19-9-8-16(29)12-18(19)22-14-28-23(20(26-22)11-15-5-2-1-3-6-15)27-21(24(28)30)13-17-7-4-10-31-17/h1-10,12,14,21,29H,11,13H2/p+1. The van der Waals surface area contributed by atoms with E-state index in [0.29, 0.717) is 34.9 Å². The van der Waals surface area contributed by atoms with Crippen molar-refractivity contribution in [3.8, 4) is 17.0 Å². The molecule has 0 aliphatic carbocycles. The zero-order valence-corrected chi connectivity index (χ0v) is 17.2. The molecule has 2 aromatic carbocycles. The molecule has 0 radical (unpaired) electrons. The molecule has 0 saturated heterocycles. The van der Waals surface area contributed by atoms with E-state index in [1.54, 1.807) is 35.2 Å². The fourth-order valence-corrected chi connectivity index (χ4v) is 4.01. The summed E-state index contributed by atoms with van der Waals surface area (Å²) >= 11 is 6.38. The lowest BCUT2D eigenvalue weighted by atomic mass is 10.1. The first-order valence-electron chi connectivity index (χ1n) is 9.90. The van der Waals surface area contributed by atoms with E-state index in [0.717, 1.165) is 17.0 Å². The molecule has 0 bridgehead atoms. The van der Waals surface area contributed by atoms with Gasteiger partial charge in [-0.3, -0.25) is 5.32 Å². The number of carbonyl (C=O) groups excluding carboxylic acids is 1. The molecule has 1 atom stereocenters. The Hall–Kier alpha value is -3.64. The van der Waals surface area contributed by atoms with E-state index in [1.165, 1.54) is 6.07 Å². The van der Waals surface area contributed by atoms with Gasteiger partial charge in [0.1, 0.15) is 29.1 Å². The maximum absolute atomic E-state index is 13.2. The number of rotatable bonds is 5. The lowest BCUT2D eigenvalue weighted by Crippen LogP contribution is -2.44. The second-order valence-corrected chi connectivity index (χ2v) is 7.84. The molecule has 1 unspecified atom stereocenters. The van der Waals surface area contributed by atoms with Crippen LogP contribution in [0, 0.1) is 0 Å². The molecule has 0 saturated carbocycles. The number of benzene rings is 2. The van der Waals surface area contributed by atoms with Crippen LogP contribution in [0.15, 0.2) is 77.5 Å². The first-order chi connectivity index (χ1) is 15.1. The highest BCUT2D eigenvalue weighted by molar-refractivity contribution is 6.33. The Labute approximate surface area is 183 Å². The number of fused-ring (bicyclic) bond motifs is 1. The van der Waals surface area contributed by atoms with Gasteiger partial charge in [0.2, 0.25) is 6.04 Å². The van der Waals surface area contributed by atoms with Crippen molar-refractivity contribution >= 4 is 23.3 Å². The van der Waals surface area contributed by atoms with Gasteiger partial charge in [-0.2, -0.15) is 4.57 Å². The van der Waals surface area contributed by atoms with Crippen LogP contribution in [0.3, 0.4) is 0 Å². The minimum Gasteiger partial charge on any atom is -0.508 e. The third-order valence-electron chi connectivity index (χ3n) is 5.29. The monoisotopic (exact) mass is 432 g/mol. The van der Waals surface area contributed by atoms with Crippen LogP contribution >= 0.6 is 11.6 Å². The predicted octanol–water partition coefficient (Wildman–Crippen LogP) is 4.26. The Bertz CT molecular complexity index is 1260. The van der Waals surface area contributed by atoms with Crippen molar-refractivity contribution in [2.75, 3.05) is 5.32 Å². The van der Waals surface area contributed by atoms with Gasteiger partial charge in [-0.05, 0) is 35.9 Å². The molecule has 0 fully saturated rings. The highest BCUT2D eigenvalue weighted by Gasteiger charge is 2.41. The number of hydrogen-bond donors (Lipinski definition) is 2. The van der Waals surface area contributed by atoms with Gasteiger partial charge in [0.15, 0.2) is 0 Å². The Morgan fingerprint density at radius 3 is 2.74 bits per heavy atom. The molecular weight excluding hydrogens is 414 g/mol. The minimum atomic E-state index is -0.461. The molecule has 6 nitrogen and oxygen atoms in total. The molecule has 2 N–H and O–H groups in total. The third kappa shape index (κ3) is 3.78. The average Bonchev–Trinajstić information content (AvgIpc) is 3.40. The van der Waals surface area contributed by atoms with E-state index in [2.05, 4.69) is 5.32 Å². The summed E-state index contributed by atoms with van der Waals surface area (Å²) < 4.78 is 7.02. The normalized spacial score (nSPS) is 15.0. The van der Waals surface area contributed by atoms with Gasteiger partial charge in [-0.25, -0.2) is 9.78 Å². The lowest BCUT2D eigenvalue weighted by molar-refractivity contribution is -0.552. The topological polar surface area (TPSA) is 79.2 Å². The van der Waals surface area contributed by atoms with Crippen molar-refractivity contribution in [3.05, 3.63) is 95.2 Å². The maximum Gasteiger partial charge on any atom is 0.359 e. The number of anilines is 1. The minimum absolute atomic E-state index is 0.0801. The van der Waals surface area contributed by atoms with E-state index < -0.39 is 6.04 Å². The smallest absolute Gasteiger partial charge is 0.359 e. The van der Waals surface area contributed by atoms with Crippen molar-refractivity contribution in [2.45, 2.75) is 18.9 Å². The van der Waals surface area contributed by atoms with Gasteiger partial charge >= 0.3 is 11.7 Å². The van der Waals surface area contributed by atoms with Gasteiger partial charge in [0.05, 0.1) is 17.7 Å². The zero-order valence-electron chi connectivity index (χ0n) is 16.5. The van der Waals surface area contributed by atoms with Gasteiger partial charge in [0.25, 0.3) is 0 Å². The first kappa shape index (κ1) is 19.3. The number of nitrogens with zero attached hydrogens (tertiary/aromatic N) is 2. The van der Waals surface area contributed by atoms with Crippen molar-refractivity contribution in [1.82, 2.24) is 4.98 Å². The predicted molar refractivity (Wildman–Crippen MR) is 116 cm³/mol. The molecule has 1 aliphatic heterocycles. The molecule has 1 aliphatic rings. The van der Waals surface area contributed by atoms with Crippen LogP contribution in [-0.4, -0.2) is 22.0 Å². The number of phenolic OH excluding ortho intramolecular Hbond substituents is 1. The summed E-state index contributed by atoms with van der Waals surface area (Å²) in [4.78, 5) is 18.0. The average molecular weight is 433 g/mol. The van der Waals surface area contributed by atoms with Gasteiger partial charge in [-0.15, -0.1) is 0 Å². The summed E-state index contributed by atoms with van der Waals surface area (Å²) in [5.41, 5.74) is 2.87. The second-order valence-electron chi connectivity index (χ2n) is 7.44. The van der Waals surface area contributed by atoms with Gasteiger partial charge in [-0.1, -0.05) is 41.9 Å². The second kappa shape index (κ2) is 7.89. The van der Waals surface area contributed by atoms with Gasteiger partial charge < -0.3 is 9.52 Å². The van der Waals surface area contributed by atoms with E-state index in [1.807, 2.05) is 36.4 Å². The van der Waals surface area contributed by atoms with Crippen molar-refractivity contribution in [2.24, 2.45) is 0 Å². The summed E-state index contributed by atoms with van der Waals surface area (Å²) in [7, 11) is 0. The number of hydrogen-bond acceptors (Lipinski definition) is 5. The van der Waals surface area contributed by atoms with Crippen molar-refractivity contribution < 1.29 is 18.9 Å². The van der Waals surface area contributed by atoms with Crippen LogP contribution in [0.5, 0.6) is 5.75 Å². The molecule has 2 aromatic heterocycles. The molecule has 154 valence electrons. The van der Waals surface area contributed by atoms with Crippen molar-refractivity contribution in [3.63, 3.8) is 0 Å². The van der Waals surface area contributed by atoms with E-state index in [9.17, 15) is 9.90 Å². The molecule has 7 heteroatoms. The highest BCUT2D eigenvalue weighted by Crippen LogP contribution is 2.31. The first-order valence-corrected chi connectivity index (χ1v) is 10.3. The number of halogens is 1. The summed E-state index contributed by atoms with van der Waals surface area (Å²) in [6.07, 6.45) is 4.23. The lowest BCUT2D eigenvalue weighted by Gasteiger charge is -2.08. The molecule has 4 aromatic rings. The van der Waals surface area contributed by atoms with E-state index >= 15 is 0 Å². The van der Waals surface area contributed by atoms with E-state index in [-0.39, 0.29) is 11.7 Å². The SMILES string of the molecule is O=C1C(Cc2ccco2)Nc2c(Cc3ccccc3)nc(-c3cc(O)ccc3Cl)c[n+]21. The molecule has 5 rings (SSSR count). The molecule has 0 amide bonds. The Balaban J connectivity index is 1.60. The van der Waals surface area contributed by atoms with Crippen LogP contribution in [0.1, 0.15) is 21.8 Å². The third-order valence-corrected chi connectivity index (χ3v) is 5.62. The van der Waals surface area contributed by atoms with Crippen LogP contribution < -0.4 is 9.88 Å². The molecule has 31 heavy (non-hydrogen) atoms. The molecule has 3 heterocycles. The number of aromatic nitrogens is 2. The van der Waals surface area contributed by atoms with Crippen LogP contribution in [0.25, 0.3) is 11.3 Å². The number of nitrogens with one attached hydrogen (secondary N) is 1. The Morgan fingerprint density at radius 1 is 1.13 bits per heavy atom. The fraction of sp³-hybridized carbons (Fsp3) is 0.125. The molecular formula is C24H19ClN3O3+.